The third-order valence-corrected chi connectivity index (χ3v) is 5.59. The van der Waals surface area contributed by atoms with E-state index in [0.29, 0.717) is 22.6 Å². The molecule has 0 aliphatic rings. The molecule has 8 heteroatoms. The molecule has 0 aliphatic carbocycles. The zero-order valence-corrected chi connectivity index (χ0v) is 17.0. The van der Waals surface area contributed by atoms with Gasteiger partial charge < -0.3 is 9.73 Å². The summed E-state index contributed by atoms with van der Waals surface area (Å²) in [6.07, 6.45) is 4.37. The van der Waals surface area contributed by atoms with Crippen LogP contribution in [0, 0.1) is 0 Å². The highest BCUT2D eigenvalue weighted by Crippen LogP contribution is 2.14. The maximum Gasteiger partial charge on any atom is 0.248 e. The van der Waals surface area contributed by atoms with Crippen LogP contribution in [0.1, 0.15) is 28.6 Å². The Morgan fingerprint density at radius 3 is 2.47 bits per heavy atom. The predicted molar refractivity (Wildman–Crippen MR) is 113 cm³/mol. The summed E-state index contributed by atoms with van der Waals surface area (Å²) in [6, 6.07) is 16.1. The highest BCUT2D eigenvalue weighted by molar-refractivity contribution is 7.89. The first-order valence-electron chi connectivity index (χ1n) is 9.06. The first-order chi connectivity index (χ1) is 14.3. The highest BCUT2D eigenvalue weighted by atomic mass is 32.2. The van der Waals surface area contributed by atoms with E-state index in [-0.39, 0.29) is 23.1 Å². The minimum absolute atomic E-state index is 0.0575. The van der Waals surface area contributed by atoms with Crippen LogP contribution in [-0.2, 0) is 21.4 Å². The van der Waals surface area contributed by atoms with Crippen molar-refractivity contribution in [3.05, 3.63) is 89.9 Å². The molecule has 0 bridgehead atoms. The second-order valence-corrected chi connectivity index (χ2v) is 8.20. The molecule has 2 aromatic carbocycles. The lowest BCUT2D eigenvalue weighted by atomic mass is 10.1. The lowest BCUT2D eigenvalue weighted by Crippen LogP contribution is -2.22. The second kappa shape index (κ2) is 9.34. The number of amides is 1. The Balaban J connectivity index is 1.60. The third kappa shape index (κ3) is 5.76. The van der Waals surface area contributed by atoms with Gasteiger partial charge in [-0.1, -0.05) is 24.3 Å². The predicted octanol–water partition coefficient (Wildman–Crippen LogP) is 3.61. The molecule has 0 radical (unpaired) electrons. The first kappa shape index (κ1) is 21.2. The quantitative estimate of drug-likeness (QED) is 0.424. The van der Waals surface area contributed by atoms with E-state index in [2.05, 4.69) is 10.0 Å². The summed E-state index contributed by atoms with van der Waals surface area (Å²) in [5, 5.41) is 2.68. The van der Waals surface area contributed by atoms with Crippen LogP contribution in [0.4, 0.5) is 5.69 Å². The summed E-state index contributed by atoms with van der Waals surface area (Å²) in [5.74, 6) is 0.0563. The van der Waals surface area contributed by atoms with E-state index in [0.717, 1.165) is 0 Å². The molecule has 0 spiro atoms. The molecule has 154 valence electrons. The summed E-state index contributed by atoms with van der Waals surface area (Å²) in [4.78, 5) is 23.6. The molecule has 1 aromatic heterocycles. The molecule has 3 rings (SSSR count). The van der Waals surface area contributed by atoms with Gasteiger partial charge in [-0.15, -0.1) is 0 Å². The smallest absolute Gasteiger partial charge is 0.248 e. The van der Waals surface area contributed by atoms with Crippen molar-refractivity contribution in [3.8, 4) is 0 Å². The second-order valence-electron chi connectivity index (χ2n) is 6.43. The summed E-state index contributed by atoms with van der Waals surface area (Å²) < 4.78 is 32.2. The number of sulfonamides is 1. The van der Waals surface area contributed by atoms with Crippen molar-refractivity contribution in [2.75, 3.05) is 5.32 Å². The van der Waals surface area contributed by atoms with Gasteiger partial charge in [0.05, 0.1) is 17.7 Å². The lowest BCUT2D eigenvalue weighted by molar-refractivity contribution is -0.111. The van der Waals surface area contributed by atoms with E-state index in [1.165, 1.54) is 31.4 Å². The number of ketones is 1. The largest absolute Gasteiger partial charge is 0.468 e. The zero-order valence-electron chi connectivity index (χ0n) is 16.2. The van der Waals surface area contributed by atoms with Gasteiger partial charge in [0, 0.05) is 17.3 Å². The van der Waals surface area contributed by atoms with Gasteiger partial charge in [0.15, 0.2) is 5.78 Å². The normalized spacial score (nSPS) is 11.5. The highest BCUT2D eigenvalue weighted by Gasteiger charge is 2.14. The summed E-state index contributed by atoms with van der Waals surface area (Å²) in [6.45, 7) is 1.51. The number of carbonyl (C=O) groups excluding carboxylic acids is 2. The minimum Gasteiger partial charge on any atom is -0.468 e. The molecule has 1 heterocycles. The molecule has 0 saturated heterocycles. The van der Waals surface area contributed by atoms with Gasteiger partial charge in [0.1, 0.15) is 5.76 Å². The number of carbonyl (C=O) groups is 2. The molecular formula is C22H20N2O5S. The van der Waals surface area contributed by atoms with E-state index in [4.69, 9.17) is 4.42 Å². The standard InChI is InChI=1S/C22H20N2O5S/c1-16(25)18-4-2-5-19(14-18)24-22(26)12-9-17-7-10-21(11-8-17)30(27,28)23-15-20-6-3-13-29-20/h2-14,23H,15H2,1H3,(H,24,26). The van der Waals surface area contributed by atoms with Gasteiger partial charge in [-0.2, -0.15) is 0 Å². The Morgan fingerprint density at radius 2 is 1.80 bits per heavy atom. The fourth-order valence-electron chi connectivity index (χ4n) is 2.59. The number of nitrogens with one attached hydrogen (secondary N) is 2. The average molecular weight is 424 g/mol. The van der Waals surface area contributed by atoms with E-state index in [1.54, 1.807) is 54.6 Å². The van der Waals surface area contributed by atoms with Crippen LogP contribution in [0.5, 0.6) is 0 Å². The molecular weight excluding hydrogens is 404 g/mol. The lowest BCUT2D eigenvalue weighted by Gasteiger charge is -2.06. The third-order valence-electron chi connectivity index (χ3n) is 4.17. The van der Waals surface area contributed by atoms with Crippen LogP contribution in [0.15, 0.2) is 82.3 Å². The maximum absolute atomic E-state index is 12.3. The van der Waals surface area contributed by atoms with Crippen LogP contribution in [0.25, 0.3) is 6.08 Å². The van der Waals surface area contributed by atoms with E-state index in [1.807, 2.05) is 0 Å². The summed E-state index contributed by atoms with van der Waals surface area (Å²) in [7, 11) is -3.68. The van der Waals surface area contributed by atoms with Gasteiger partial charge in [-0.05, 0) is 55.0 Å². The van der Waals surface area contributed by atoms with Gasteiger partial charge >= 0.3 is 0 Å². The topological polar surface area (TPSA) is 105 Å². The first-order valence-corrected chi connectivity index (χ1v) is 10.5. The monoisotopic (exact) mass is 424 g/mol. The van der Waals surface area contributed by atoms with Crippen LogP contribution in [0.3, 0.4) is 0 Å². The molecule has 1 amide bonds. The molecule has 0 unspecified atom stereocenters. The van der Waals surface area contributed by atoms with Crippen molar-refractivity contribution in [1.29, 1.82) is 0 Å². The summed E-state index contributed by atoms with van der Waals surface area (Å²) >= 11 is 0. The van der Waals surface area contributed by atoms with Crippen LogP contribution in [-0.4, -0.2) is 20.1 Å². The number of rotatable bonds is 8. The van der Waals surface area contributed by atoms with E-state index < -0.39 is 10.0 Å². The number of Topliss-reactive ketones (excluding diaryl/α,β-unsaturated/α-hetero) is 1. The fourth-order valence-corrected chi connectivity index (χ4v) is 3.59. The van der Waals surface area contributed by atoms with E-state index in [9.17, 15) is 18.0 Å². The van der Waals surface area contributed by atoms with Crippen LogP contribution in [0.2, 0.25) is 0 Å². The fraction of sp³-hybridized carbons (Fsp3) is 0.0909. The Morgan fingerprint density at radius 1 is 1.03 bits per heavy atom. The van der Waals surface area contributed by atoms with Crippen molar-refractivity contribution in [1.82, 2.24) is 4.72 Å². The average Bonchev–Trinajstić information content (AvgIpc) is 3.25. The van der Waals surface area contributed by atoms with Crippen molar-refractivity contribution in [2.45, 2.75) is 18.4 Å². The number of benzene rings is 2. The summed E-state index contributed by atoms with van der Waals surface area (Å²) in [5.41, 5.74) is 1.68. The van der Waals surface area contributed by atoms with Gasteiger partial charge in [0.25, 0.3) is 0 Å². The number of hydrogen-bond donors (Lipinski definition) is 2. The molecule has 0 saturated carbocycles. The molecule has 2 N–H and O–H groups in total. The molecule has 0 aliphatic heterocycles. The number of hydrogen-bond acceptors (Lipinski definition) is 5. The molecule has 0 fully saturated rings. The Kier molecular flexibility index (Phi) is 6.61. The van der Waals surface area contributed by atoms with E-state index >= 15 is 0 Å². The molecule has 30 heavy (non-hydrogen) atoms. The Bertz CT molecular complexity index is 1160. The van der Waals surface area contributed by atoms with Crippen molar-refractivity contribution >= 4 is 33.5 Å². The van der Waals surface area contributed by atoms with Crippen LogP contribution >= 0.6 is 0 Å². The molecule has 7 nitrogen and oxygen atoms in total. The Hall–Kier alpha value is -3.49. The zero-order chi connectivity index (χ0) is 21.6. The molecule has 0 atom stereocenters. The van der Waals surface area contributed by atoms with Crippen molar-refractivity contribution < 1.29 is 22.4 Å². The van der Waals surface area contributed by atoms with Crippen molar-refractivity contribution in [2.24, 2.45) is 0 Å². The van der Waals surface area contributed by atoms with Crippen LogP contribution < -0.4 is 10.0 Å². The van der Waals surface area contributed by atoms with Gasteiger partial charge in [0.2, 0.25) is 15.9 Å². The number of anilines is 1. The van der Waals surface area contributed by atoms with Gasteiger partial charge in [-0.25, -0.2) is 13.1 Å². The minimum atomic E-state index is -3.68. The number of furan rings is 1. The maximum atomic E-state index is 12.3. The SMILES string of the molecule is CC(=O)c1cccc(NC(=O)C=Cc2ccc(S(=O)(=O)NCc3ccco3)cc2)c1. The Labute approximate surface area is 174 Å². The molecule has 3 aromatic rings. The van der Waals surface area contributed by atoms with Crippen molar-refractivity contribution in [3.63, 3.8) is 0 Å². The van der Waals surface area contributed by atoms with Gasteiger partial charge in [-0.3, -0.25) is 9.59 Å².